The van der Waals surface area contributed by atoms with Gasteiger partial charge in [-0.05, 0) is 30.3 Å². The van der Waals surface area contributed by atoms with Crippen molar-refractivity contribution in [1.82, 2.24) is 9.62 Å². The molecule has 0 aromatic carbocycles. The first-order valence-corrected chi connectivity index (χ1v) is 9.18. The van der Waals surface area contributed by atoms with Gasteiger partial charge in [0.2, 0.25) is 10.0 Å². The molecule has 0 spiro atoms. The summed E-state index contributed by atoms with van der Waals surface area (Å²) in [5.74, 6) is 0.519. The molecule has 0 amide bonds. The van der Waals surface area contributed by atoms with Gasteiger partial charge < -0.3 is 5.32 Å². The van der Waals surface area contributed by atoms with Crippen LogP contribution in [0, 0.1) is 5.92 Å². The van der Waals surface area contributed by atoms with Crippen LogP contribution in [0.2, 0.25) is 0 Å². The Hall–Kier alpha value is -0.430. The number of thiophene rings is 1. The van der Waals surface area contributed by atoms with Crippen molar-refractivity contribution in [2.45, 2.75) is 38.1 Å². The first-order chi connectivity index (χ1) is 9.09. The normalized spacial score (nSPS) is 21.1. The van der Waals surface area contributed by atoms with Gasteiger partial charge >= 0.3 is 0 Å². The smallest absolute Gasteiger partial charge is 0.244 e. The zero-order valence-corrected chi connectivity index (χ0v) is 13.2. The van der Waals surface area contributed by atoms with Gasteiger partial charge in [0.1, 0.15) is 0 Å². The van der Waals surface area contributed by atoms with E-state index < -0.39 is 10.0 Å². The molecule has 1 atom stereocenters. The molecule has 1 N–H and O–H groups in total. The summed E-state index contributed by atoms with van der Waals surface area (Å²) in [5.41, 5.74) is 0. The molecule has 1 saturated heterocycles. The van der Waals surface area contributed by atoms with Gasteiger partial charge in [0.25, 0.3) is 0 Å². The maximum atomic E-state index is 12.6. The fraction of sp³-hybridized carbons (Fsp3) is 0.692. The van der Waals surface area contributed by atoms with Crippen molar-refractivity contribution >= 4 is 21.4 Å². The van der Waals surface area contributed by atoms with E-state index in [1.54, 1.807) is 10.4 Å². The molecule has 0 aliphatic carbocycles. The van der Waals surface area contributed by atoms with Crippen LogP contribution in [0.3, 0.4) is 0 Å². The summed E-state index contributed by atoms with van der Waals surface area (Å²) < 4.78 is 26.9. The Morgan fingerprint density at radius 1 is 1.47 bits per heavy atom. The second kappa shape index (κ2) is 6.35. The van der Waals surface area contributed by atoms with E-state index in [1.807, 2.05) is 12.3 Å². The van der Waals surface area contributed by atoms with E-state index in [4.69, 9.17) is 0 Å². The van der Waals surface area contributed by atoms with Crippen LogP contribution in [0.1, 0.15) is 31.6 Å². The fourth-order valence-electron chi connectivity index (χ4n) is 2.41. The van der Waals surface area contributed by atoms with Crippen molar-refractivity contribution in [2.24, 2.45) is 5.92 Å². The SMILES string of the molecule is CCNCc1sccc1S(=O)(=O)N1CCC(CC)C1. The minimum atomic E-state index is -3.30. The van der Waals surface area contributed by atoms with Crippen LogP contribution < -0.4 is 5.32 Å². The highest BCUT2D eigenvalue weighted by molar-refractivity contribution is 7.89. The summed E-state index contributed by atoms with van der Waals surface area (Å²) >= 11 is 1.51. The quantitative estimate of drug-likeness (QED) is 0.877. The highest BCUT2D eigenvalue weighted by Crippen LogP contribution is 2.29. The third-order valence-corrected chi connectivity index (χ3v) is 6.68. The molecule has 1 aliphatic heterocycles. The van der Waals surface area contributed by atoms with Gasteiger partial charge in [0.05, 0.1) is 4.90 Å². The predicted octanol–water partition coefficient (Wildman–Crippen LogP) is 2.28. The zero-order chi connectivity index (χ0) is 13.9. The average Bonchev–Trinajstić information content (AvgIpc) is 3.05. The van der Waals surface area contributed by atoms with E-state index in [0.29, 0.717) is 30.4 Å². The summed E-state index contributed by atoms with van der Waals surface area (Å²) in [7, 11) is -3.30. The van der Waals surface area contributed by atoms with Crippen molar-refractivity contribution in [3.63, 3.8) is 0 Å². The number of hydrogen-bond donors (Lipinski definition) is 1. The van der Waals surface area contributed by atoms with E-state index in [-0.39, 0.29) is 0 Å². The topological polar surface area (TPSA) is 49.4 Å². The lowest BCUT2D eigenvalue weighted by atomic mass is 10.1. The molecule has 0 saturated carbocycles. The molecule has 2 heterocycles. The standard InChI is InChI=1S/C13H22N2O2S2/c1-3-11-5-7-15(10-11)19(16,17)13-6-8-18-12(13)9-14-4-2/h6,8,11,14H,3-5,7,9-10H2,1-2H3. The Morgan fingerprint density at radius 3 is 2.89 bits per heavy atom. The van der Waals surface area contributed by atoms with Gasteiger partial charge in [-0.3, -0.25) is 0 Å². The lowest BCUT2D eigenvalue weighted by Gasteiger charge is -2.16. The molecule has 1 aromatic heterocycles. The first-order valence-electron chi connectivity index (χ1n) is 6.86. The molecule has 108 valence electrons. The van der Waals surface area contributed by atoms with Crippen LogP contribution >= 0.6 is 11.3 Å². The summed E-state index contributed by atoms with van der Waals surface area (Å²) in [6, 6.07) is 1.74. The summed E-state index contributed by atoms with van der Waals surface area (Å²) in [6.45, 7) is 6.97. The Bertz CT molecular complexity index is 510. The van der Waals surface area contributed by atoms with Crippen molar-refractivity contribution in [2.75, 3.05) is 19.6 Å². The van der Waals surface area contributed by atoms with Crippen LogP contribution in [0.4, 0.5) is 0 Å². The molecule has 1 unspecified atom stereocenters. The van der Waals surface area contributed by atoms with E-state index in [0.717, 1.165) is 24.3 Å². The minimum absolute atomic E-state index is 0.496. The maximum Gasteiger partial charge on any atom is 0.244 e. The van der Waals surface area contributed by atoms with Crippen LogP contribution in [0.15, 0.2) is 16.3 Å². The second-order valence-electron chi connectivity index (χ2n) is 4.91. The molecule has 6 heteroatoms. The fourth-order valence-corrected chi connectivity index (χ4v) is 5.33. The second-order valence-corrected chi connectivity index (χ2v) is 7.82. The van der Waals surface area contributed by atoms with Gasteiger partial charge in [-0.25, -0.2) is 8.42 Å². The number of rotatable bonds is 6. The molecular formula is C13H22N2O2S2. The molecular weight excluding hydrogens is 280 g/mol. The Morgan fingerprint density at radius 2 is 2.26 bits per heavy atom. The van der Waals surface area contributed by atoms with Crippen LogP contribution in [0.5, 0.6) is 0 Å². The lowest BCUT2D eigenvalue weighted by molar-refractivity contribution is 0.452. The first kappa shape index (κ1) is 15.0. The van der Waals surface area contributed by atoms with Gasteiger partial charge in [-0.1, -0.05) is 20.3 Å². The highest BCUT2D eigenvalue weighted by atomic mass is 32.2. The maximum absolute atomic E-state index is 12.6. The van der Waals surface area contributed by atoms with E-state index >= 15 is 0 Å². The molecule has 2 rings (SSSR count). The number of sulfonamides is 1. The number of nitrogens with one attached hydrogen (secondary N) is 1. The predicted molar refractivity (Wildman–Crippen MR) is 78.9 cm³/mol. The van der Waals surface area contributed by atoms with Crippen molar-refractivity contribution < 1.29 is 8.42 Å². The zero-order valence-electron chi connectivity index (χ0n) is 11.6. The van der Waals surface area contributed by atoms with Gasteiger partial charge in [0, 0.05) is 24.5 Å². The van der Waals surface area contributed by atoms with Crippen molar-refractivity contribution in [1.29, 1.82) is 0 Å². The van der Waals surface area contributed by atoms with Crippen molar-refractivity contribution in [3.05, 3.63) is 16.3 Å². The third kappa shape index (κ3) is 3.18. The molecule has 0 radical (unpaired) electrons. The largest absolute Gasteiger partial charge is 0.312 e. The van der Waals surface area contributed by atoms with E-state index in [9.17, 15) is 8.42 Å². The third-order valence-electron chi connectivity index (χ3n) is 3.68. The Kier molecular flexibility index (Phi) is 5.00. The Labute approximate surface area is 119 Å². The Balaban J connectivity index is 2.18. The van der Waals surface area contributed by atoms with E-state index in [2.05, 4.69) is 12.2 Å². The molecule has 1 aliphatic rings. The van der Waals surface area contributed by atoms with Crippen LogP contribution in [-0.4, -0.2) is 32.4 Å². The highest BCUT2D eigenvalue weighted by Gasteiger charge is 2.33. The number of hydrogen-bond acceptors (Lipinski definition) is 4. The van der Waals surface area contributed by atoms with Crippen LogP contribution in [-0.2, 0) is 16.6 Å². The summed E-state index contributed by atoms with van der Waals surface area (Å²) in [6.07, 6.45) is 2.04. The molecule has 1 aromatic rings. The average molecular weight is 302 g/mol. The van der Waals surface area contributed by atoms with E-state index in [1.165, 1.54) is 11.3 Å². The monoisotopic (exact) mass is 302 g/mol. The van der Waals surface area contributed by atoms with Crippen molar-refractivity contribution in [3.8, 4) is 0 Å². The lowest BCUT2D eigenvalue weighted by Crippen LogP contribution is -2.29. The summed E-state index contributed by atoms with van der Waals surface area (Å²) in [5, 5.41) is 5.07. The minimum Gasteiger partial charge on any atom is -0.312 e. The van der Waals surface area contributed by atoms with Gasteiger partial charge in [-0.2, -0.15) is 4.31 Å². The molecule has 0 bridgehead atoms. The van der Waals surface area contributed by atoms with Gasteiger partial charge in [-0.15, -0.1) is 11.3 Å². The summed E-state index contributed by atoms with van der Waals surface area (Å²) in [4.78, 5) is 1.41. The van der Waals surface area contributed by atoms with Crippen LogP contribution in [0.25, 0.3) is 0 Å². The molecule has 1 fully saturated rings. The molecule has 4 nitrogen and oxygen atoms in total. The number of nitrogens with zero attached hydrogens (tertiary/aromatic N) is 1. The van der Waals surface area contributed by atoms with Gasteiger partial charge in [0.15, 0.2) is 0 Å². The molecule has 19 heavy (non-hydrogen) atoms.